The lowest BCUT2D eigenvalue weighted by Gasteiger charge is -2.08. The third kappa shape index (κ3) is 21.4. The first-order valence-corrected chi connectivity index (χ1v) is 12.7. The first-order valence-electron chi connectivity index (χ1n) is 12.7. The van der Waals surface area contributed by atoms with Gasteiger partial charge >= 0.3 is 11.9 Å². The minimum atomic E-state index is -0.362. The van der Waals surface area contributed by atoms with Crippen LogP contribution in [-0.2, 0) is 19.1 Å². The predicted octanol–water partition coefficient (Wildman–Crippen LogP) is 8.39. The Kier molecular flexibility index (Phi) is 21.4. The van der Waals surface area contributed by atoms with Gasteiger partial charge < -0.3 is 9.47 Å². The van der Waals surface area contributed by atoms with Gasteiger partial charge in [0.25, 0.3) is 5.95 Å². The topological polar surface area (TPSA) is 52.6 Å². The predicted molar refractivity (Wildman–Crippen MR) is 125 cm³/mol. The number of unbranched alkanes of at least 4 members (excludes halogenated alkanes) is 16. The monoisotopic (exact) mass is 424 g/mol. The zero-order chi connectivity index (χ0) is 22.3. The summed E-state index contributed by atoms with van der Waals surface area (Å²) < 4.78 is 10.0. The number of ether oxygens (including phenoxy) is 2. The van der Waals surface area contributed by atoms with Crippen molar-refractivity contribution in [2.24, 2.45) is 0 Å². The van der Waals surface area contributed by atoms with Crippen LogP contribution in [0.15, 0.2) is 12.5 Å². The smallest absolute Gasteiger partial charge is 0.313 e. The molecule has 4 nitrogen and oxygen atoms in total. The van der Waals surface area contributed by atoms with Crippen molar-refractivity contribution in [1.82, 2.24) is 0 Å². The second kappa shape index (κ2) is 22.4. The molecular formula is C26H48O4. The Bertz CT molecular complexity index is 393. The van der Waals surface area contributed by atoms with Gasteiger partial charge in [-0.3, -0.25) is 9.59 Å². The van der Waals surface area contributed by atoms with Crippen LogP contribution in [0.25, 0.3) is 0 Å². The van der Waals surface area contributed by atoms with Crippen molar-refractivity contribution in [3.63, 3.8) is 0 Å². The van der Waals surface area contributed by atoms with Crippen LogP contribution in [0.1, 0.15) is 142 Å². The van der Waals surface area contributed by atoms with E-state index in [1.54, 1.807) is 0 Å². The lowest BCUT2D eigenvalue weighted by Crippen LogP contribution is -2.10. The number of carbonyl (C=O) groups is 2. The van der Waals surface area contributed by atoms with E-state index in [4.69, 9.17) is 9.47 Å². The summed E-state index contributed by atoms with van der Waals surface area (Å²) in [6.45, 7) is 7.99. The van der Waals surface area contributed by atoms with Gasteiger partial charge in [-0.2, -0.15) is 0 Å². The second-order valence-corrected chi connectivity index (χ2v) is 8.48. The van der Waals surface area contributed by atoms with Crippen molar-refractivity contribution >= 4 is 11.9 Å². The van der Waals surface area contributed by atoms with Gasteiger partial charge in [0, 0.05) is 12.8 Å². The maximum Gasteiger partial charge on any atom is 0.313 e. The fourth-order valence-electron chi connectivity index (χ4n) is 3.54. The SMILES string of the molecule is C=C(OC(=O)CCCCCCCCCCC)OC(=O)CCCCCCCCCCC. The van der Waals surface area contributed by atoms with E-state index < -0.39 is 0 Å². The van der Waals surface area contributed by atoms with E-state index in [0.717, 1.165) is 38.5 Å². The van der Waals surface area contributed by atoms with Crippen LogP contribution in [0.4, 0.5) is 0 Å². The Morgan fingerprint density at radius 3 is 1.07 bits per heavy atom. The van der Waals surface area contributed by atoms with Crippen molar-refractivity contribution in [3.8, 4) is 0 Å². The van der Waals surface area contributed by atoms with E-state index in [1.807, 2.05) is 0 Å². The van der Waals surface area contributed by atoms with Crippen LogP contribution in [0.2, 0.25) is 0 Å². The van der Waals surface area contributed by atoms with E-state index >= 15 is 0 Å². The second-order valence-electron chi connectivity index (χ2n) is 8.48. The van der Waals surface area contributed by atoms with Crippen LogP contribution < -0.4 is 0 Å². The van der Waals surface area contributed by atoms with Gasteiger partial charge in [-0.05, 0) is 19.4 Å². The number of hydrogen-bond acceptors (Lipinski definition) is 4. The molecule has 0 amide bonds. The summed E-state index contributed by atoms with van der Waals surface area (Å²) in [5, 5.41) is 0. The Morgan fingerprint density at radius 2 is 0.767 bits per heavy atom. The van der Waals surface area contributed by atoms with Gasteiger partial charge in [0.05, 0.1) is 0 Å². The Morgan fingerprint density at radius 1 is 0.500 bits per heavy atom. The highest BCUT2D eigenvalue weighted by Crippen LogP contribution is 2.13. The third-order valence-electron chi connectivity index (χ3n) is 5.42. The molecule has 0 radical (unpaired) electrons. The van der Waals surface area contributed by atoms with Gasteiger partial charge in [-0.15, -0.1) is 0 Å². The molecule has 0 atom stereocenters. The van der Waals surface area contributed by atoms with Gasteiger partial charge in [0.1, 0.15) is 0 Å². The van der Waals surface area contributed by atoms with Crippen molar-refractivity contribution < 1.29 is 19.1 Å². The average Bonchev–Trinajstić information content (AvgIpc) is 2.71. The van der Waals surface area contributed by atoms with Crippen molar-refractivity contribution in [2.45, 2.75) is 142 Å². The van der Waals surface area contributed by atoms with Crippen LogP contribution in [0.3, 0.4) is 0 Å². The summed E-state index contributed by atoms with van der Waals surface area (Å²) in [6.07, 6.45) is 22.3. The molecule has 0 rings (SSSR count). The Balaban J connectivity index is 3.50. The van der Waals surface area contributed by atoms with Gasteiger partial charge in [0.2, 0.25) is 0 Å². The fraction of sp³-hybridized carbons (Fsp3) is 0.846. The molecule has 0 aromatic heterocycles. The highest BCUT2D eigenvalue weighted by Gasteiger charge is 2.10. The van der Waals surface area contributed by atoms with Gasteiger partial charge in [0.15, 0.2) is 0 Å². The lowest BCUT2D eigenvalue weighted by atomic mass is 10.1. The third-order valence-corrected chi connectivity index (χ3v) is 5.42. The van der Waals surface area contributed by atoms with E-state index in [-0.39, 0.29) is 17.9 Å². The van der Waals surface area contributed by atoms with Crippen LogP contribution >= 0.6 is 0 Å². The molecule has 0 aliphatic heterocycles. The molecule has 30 heavy (non-hydrogen) atoms. The van der Waals surface area contributed by atoms with Crippen molar-refractivity contribution in [1.29, 1.82) is 0 Å². The number of carbonyl (C=O) groups excluding carboxylic acids is 2. The molecule has 0 aliphatic carbocycles. The standard InChI is InChI=1S/C26H48O4/c1-4-6-8-10-12-14-16-18-20-22-25(27)29-24(3)30-26(28)23-21-19-17-15-13-11-9-7-5-2/h3-23H2,1-2H3. The Labute approximate surface area is 186 Å². The molecular weight excluding hydrogens is 376 g/mol. The molecule has 0 fully saturated rings. The maximum atomic E-state index is 11.8. The summed E-state index contributed by atoms with van der Waals surface area (Å²) in [6, 6.07) is 0. The molecule has 0 aliphatic rings. The minimum Gasteiger partial charge on any atom is -0.393 e. The van der Waals surface area contributed by atoms with E-state index in [2.05, 4.69) is 20.4 Å². The molecule has 0 N–H and O–H groups in total. The molecule has 0 aromatic carbocycles. The molecule has 0 bridgehead atoms. The molecule has 0 spiro atoms. The lowest BCUT2D eigenvalue weighted by molar-refractivity contribution is -0.153. The van der Waals surface area contributed by atoms with Crippen LogP contribution in [0, 0.1) is 0 Å². The number of esters is 2. The summed E-state index contributed by atoms with van der Waals surface area (Å²) in [4.78, 5) is 23.6. The summed E-state index contributed by atoms with van der Waals surface area (Å²) in [5.74, 6) is -0.908. The largest absolute Gasteiger partial charge is 0.393 e. The number of hydrogen-bond donors (Lipinski definition) is 0. The van der Waals surface area contributed by atoms with Crippen LogP contribution in [-0.4, -0.2) is 11.9 Å². The highest BCUT2D eigenvalue weighted by molar-refractivity contribution is 5.72. The minimum absolute atomic E-state index is 0.183. The quantitative estimate of drug-likeness (QED) is 0.0994. The first kappa shape index (κ1) is 28.7. The zero-order valence-corrected chi connectivity index (χ0v) is 20.0. The van der Waals surface area contributed by atoms with Crippen molar-refractivity contribution in [2.75, 3.05) is 0 Å². The average molecular weight is 425 g/mol. The molecule has 0 aromatic rings. The van der Waals surface area contributed by atoms with E-state index in [9.17, 15) is 9.59 Å². The van der Waals surface area contributed by atoms with Crippen LogP contribution in [0.5, 0.6) is 0 Å². The Hall–Kier alpha value is -1.32. The molecule has 4 heteroatoms. The summed E-state index contributed by atoms with van der Waals surface area (Å²) >= 11 is 0. The normalized spacial score (nSPS) is 10.7. The molecule has 0 saturated heterocycles. The van der Waals surface area contributed by atoms with E-state index in [0.29, 0.717) is 12.8 Å². The molecule has 176 valence electrons. The summed E-state index contributed by atoms with van der Waals surface area (Å²) in [7, 11) is 0. The van der Waals surface area contributed by atoms with Gasteiger partial charge in [-0.25, -0.2) is 0 Å². The molecule has 0 unspecified atom stereocenters. The number of rotatable bonds is 22. The molecule has 0 heterocycles. The first-order chi connectivity index (χ1) is 14.6. The van der Waals surface area contributed by atoms with Crippen molar-refractivity contribution in [3.05, 3.63) is 12.5 Å². The molecule has 0 saturated carbocycles. The summed E-state index contributed by atoms with van der Waals surface area (Å²) in [5.41, 5.74) is 0. The highest BCUT2D eigenvalue weighted by atomic mass is 16.7. The van der Waals surface area contributed by atoms with Gasteiger partial charge in [-0.1, -0.05) is 117 Å². The van der Waals surface area contributed by atoms with E-state index in [1.165, 1.54) is 77.0 Å². The maximum absolute atomic E-state index is 11.8. The zero-order valence-electron chi connectivity index (χ0n) is 20.0. The fourth-order valence-corrected chi connectivity index (χ4v) is 3.54.